The molecule has 0 aromatic rings. The van der Waals surface area contributed by atoms with E-state index in [1.165, 1.54) is 0 Å². The normalized spacial score (nSPS) is 17.9. The first kappa shape index (κ1) is 12.7. The Kier molecular flexibility index (Phi) is 6.60. The van der Waals surface area contributed by atoms with E-state index in [1.807, 2.05) is 0 Å². The molecule has 0 aliphatic carbocycles. The van der Waals surface area contributed by atoms with Gasteiger partial charge < -0.3 is 14.3 Å². The standard InChI is InChI=1S/C12H22O3/c1-11(13)4-2-3-7-15-10-12-5-8-14-9-6-12/h12H,2-10H2,1H3. The fraction of sp³-hybridized carbons (Fsp3) is 0.917. The highest BCUT2D eigenvalue weighted by atomic mass is 16.5. The largest absolute Gasteiger partial charge is 0.381 e. The van der Waals surface area contributed by atoms with Crippen LogP contribution in [0, 0.1) is 5.92 Å². The Hall–Kier alpha value is -0.410. The Labute approximate surface area is 92.1 Å². The van der Waals surface area contributed by atoms with Gasteiger partial charge in [0.05, 0.1) is 0 Å². The molecule has 0 spiro atoms. The molecule has 15 heavy (non-hydrogen) atoms. The van der Waals surface area contributed by atoms with E-state index in [9.17, 15) is 4.79 Å². The van der Waals surface area contributed by atoms with Crippen LogP contribution in [0.15, 0.2) is 0 Å². The SMILES string of the molecule is CC(=O)CCCCOCC1CCOCC1. The number of hydrogen-bond acceptors (Lipinski definition) is 3. The summed E-state index contributed by atoms with van der Waals surface area (Å²) in [6.07, 6.45) is 4.92. The summed E-state index contributed by atoms with van der Waals surface area (Å²) in [4.78, 5) is 10.7. The molecule has 0 unspecified atom stereocenters. The van der Waals surface area contributed by atoms with Crippen molar-refractivity contribution in [2.75, 3.05) is 26.4 Å². The second-order valence-electron chi connectivity index (χ2n) is 4.29. The molecule has 3 nitrogen and oxygen atoms in total. The Bertz CT molecular complexity index is 174. The molecule has 0 saturated carbocycles. The average Bonchev–Trinajstić information content (AvgIpc) is 2.24. The van der Waals surface area contributed by atoms with E-state index in [0.717, 1.165) is 52.1 Å². The van der Waals surface area contributed by atoms with Gasteiger partial charge in [-0.25, -0.2) is 0 Å². The fourth-order valence-corrected chi connectivity index (χ4v) is 1.74. The van der Waals surface area contributed by atoms with Crippen LogP contribution in [0.4, 0.5) is 0 Å². The van der Waals surface area contributed by atoms with Crippen molar-refractivity contribution in [3.63, 3.8) is 0 Å². The number of ketones is 1. The van der Waals surface area contributed by atoms with Crippen LogP contribution in [0.1, 0.15) is 39.0 Å². The summed E-state index contributed by atoms with van der Waals surface area (Å²) in [6.45, 7) is 5.08. The van der Waals surface area contributed by atoms with Gasteiger partial charge in [-0.1, -0.05) is 0 Å². The molecule has 0 radical (unpaired) electrons. The lowest BCUT2D eigenvalue weighted by Gasteiger charge is -2.21. The molecule has 0 N–H and O–H groups in total. The van der Waals surface area contributed by atoms with Gasteiger partial charge in [0, 0.05) is 32.8 Å². The number of hydrogen-bond donors (Lipinski definition) is 0. The molecule has 1 fully saturated rings. The molecular formula is C12H22O3. The van der Waals surface area contributed by atoms with Gasteiger partial charge in [-0.2, -0.15) is 0 Å². The molecule has 3 heteroatoms. The van der Waals surface area contributed by atoms with Crippen molar-refractivity contribution in [3.8, 4) is 0 Å². The first-order valence-corrected chi connectivity index (χ1v) is 5.94. The summed E-state index contributed by atoms with van der Waals surface area (Å²) < 4.78 is 10.9. The first-order valence-electron chi connectivity index (χ1n) is 5.94. The first-order chi connectivity index (χ1) is 7.29. The molecule has 0 aromatic heterocycles. The molecule has 0 aromatic carbocycles. The summed E-state index contributed by atoms with van der Waals surface area (Å²) in [6, 6.07) is 0. The molecule has 88 valence electrons. The maximum atomic E-state index is 10.7. The summed E-state index contributed by atoms with van der Waals surface area (Å²) >= 11 is 0. The molecule has 1 rings (SSSR count). The van der Waals surface area contributed by atoms with Crippen molar-refractivity contribution < 1.29 is 14.3 Å². The molecule has 1 heterocycles. The van der Waals surface area contributed by atoms with Crippen LogP contribution in [-0.4, -0.2) is 32.2 Å². The van der Waals surface area contributed by atoms with Crippen LogP contribution in [0.2, 0.25) is 0 Å². The van der Waals surface area contributed by atoms with Gasteiger partial charge in [0.2, 0.25) is 0 Å². The van der Waals surface area contributed by atoms with Gasteiger partial charge in [0.25, 0.3) is 0 Å². The van der Waals surface area contributed by atoms with Gasteiger partial charge in [0.15, 0.2) is 0 Å². The monoisotopic (exact) mass is 214 g/mol. The topological polar surface area (TPSA) is 35.5 Å². The predicted molar refractivity (Wildman–Crippen MR) is 58.9 cm³/mol. The van der Waals surface area contributed by atoms with E-state index in [4.69, 9.17) is 9.47 Å². The van der Waals surface area contributed by atoms with Crippen molar-refractivity contribution in [1.82, 2.24) is 0 Å². The Balaban J connectivity index is 1.85. The van der Waals surface area contributed by atoms with Gasteiger partial charge in [0.1, 0.15) is 5.78 Å². The molecule has 1 saturated heterocycles. The van der Waals surface area contributed by atoms with Crippen LogP contribution in [0.5, 0.6) is 0 Å². The highest BCUT2D eigenvalue weighted by molar-refractivity contribution is 5.75. The van der Waals surface area contributed by atoms with Gasteiger partial charge >= 0.3 is 0 Å². The Morgan fingerprint density at radius 2 is 2.07 bits per heavy atom. The summed E-state index contributed by atoms with van der Waals surface area (Å²) in [5, 5.41) is 0. The smallest absolute Gasteiger partial charge is 0.129 e. The average molecular weight is 214 g/mol. The van der Waals surface area contributed by atoms with E-state index >= 15 is 0 Å². The summed E-state index contributed by atoms with van der Waals surface area (Å²) in [5.41, 5.74) is 0. The Morgan fingerprint density at radius 1 is 1.33 bits per heavy atom. The van der Waals surface area contributed by atoms with Gasteiger partial charge in [-0.3, -0.25) is 0 Å². The third-order valence-corrected chi connectivity index (χ3v) is 2.76. The van der Waals surface area contributed by atoms with E-state index in [-0.39, 0.29) is 5.78 Å². The lowest BCUT2D eigenvalue weighted by Crippen LogP contribution is -2.20. The van der Waals surface area contributed by atoms with Crippen LogP contribution in [-0.2, 0) is 14.3 Å². The highest BCUT2D eigenvalue weighted by Crippen LogP contribution is 2.14. The maximum Gasteiger partial charge on any atom is 0.129 e. The van der Waals surface area contributed by atoms with Gasteiger partial charge in [-0.15, -0.1) is 0 Å². The number of unbranched alkanes of at least 4 members (excludes halogenated alkanes) is 1. The molecule has 0 atom stereocenters. The van der Waals surface area contributed by atoms with Crippen molar-refractivity contribution in [2.24, 2.45) is 5.92 Å². The number of carbonyl (C=O) groups is 1. The van der Waals surface area contributed by atoms with Gasteiger partial charge in [-0.05, 0) is 38.5 Å². The van der Waals surface area contributed by atoms with Crippen molar-refractivity contribution in [2.45, 2.75) is 39.0 Å². The van der Waals surface area contributed by atoms with Crippen LogP contribution < -0.4 is 0 Å². The minimum absolute atomic E-state index is 0.277. The van der Waals surface area contributed by atoms with E-state index < -0.39 is 0 Å². The van der Waals surface area contributed by atoms with Crippen molar-refractivity contribution in [3.05, 3.63) is 0 Å². The third kappa shape index (κ3) is 6.63. The van der Waals surface area contributed by atoms with Crippen LogP contribution in [0.3, 0.4) is 0 Å². The zero-order valence-corrected chi connectivity index (χ0v) is 9.67. The Morgan fingerprint density at radius 3 is 2.73 bits per heavy atom. The van der Waals surface area contributed by atoms with E-state index in [1.54, 1.807) is 6.92 Å². The molecule has 0 bridgehead atoms. The summed E-state index contributed by atoms with van der Waals surface area (Å²) in [5.74, 6) is 0.964. The third-order valence-electron chi connectivity index (χ3n) is 2.76. The molecule has 0 amide bonds. The van der Waals surface area contributed by atoms with Crippen LogP contribution >= 0.6 is 0 Å². The molecule has 1 aliphatic heterocycles. The zero-order valence-electron chi connectivity index (χ0n) is 9.67. The van der Waals surface area contributed by atoms with Crippen molar-refractivity contribution >= 4 is 5.78 Å². The molecule has 1 aliphatic rings. The quantitative estimate of drug-likeness (QED) is 0.609. The fourth-order valence-electron chi connectivity index (χ4n) is 1.74. The van der Waals surface area contributed by atoms with E-state index in [0.29, 0.717) is 12.3 Å². The maximum absolute atomic E-state index is 10.7. The lowest BCUT2D eigenvalue weighted by atomic mass is 10.0. The molecular weight excluding hydrogens is 192 g/mol. The summed E-state index contributed by atoms with van der Waals surface area (Å²) in [7, 11) is 0. The lowest BCUT2D eigenvalue weighted by molar-refractivity contribution is -0.117. The number of carbonyl (C=O) groups excluding carboxylic acids is 1. The second kappa shape index (κ2) is 7.83. The van der Waals surface area contributed by atoms with Crippen LogP contribution in [0.25, 0.3) is 0 Å². The highest BCUT2D eigenvalue weighted by Gasteiger charge is 2.13. The van der Waals surface area contributed by atoms with E-state index in [2.05, 4.69) is 0 Å². The number of ether oxygens (including phenoxy) is 2. The minimum atomic E-state index is 0.277. The zero-order chi connectivity index (χ0) is 10.9. The number of Topliss-reactive ketones (excluding diaryl/α,β-unsaturated/α-hetero) is 1. The minimum Gasteiger partial charge on any atom is -0.381 e. The second-order valence-corrected chi connectivity index (χ2v) is 4.29. The number of rotatable bonds is 7. The predicted octanol–water partition coefficient (Wildman–Crippen LogP) is 2.19. The van der Waals surface area contributed by atoms with Crippen molar-refractivity contribution in [1.29, 1.82) is 0 Å².